The summed E-state index contributed by atoms with van der Waals surface area (Å²) in [5.41, 5.74) is -1.52. The van der Waals surface area contributed by atoms with E-state index in [4.69, 9.17) is 0 Å². The molecule has 0 amide bonds. The molecule has 0 radical (unpaired) electrons. The molecular formula is C12H14F3NO2S. The van der Waals surface area contributed by atoms with E-state index >= 15 is 0 Å². The minimum absolute atomic E-state index is 0.114. The number of nitrogens with zero attached hydrogens (tertiary/aromatic N) is 1. The SMILES string of the molecule is O=C(c1cnc(C(F)(F)F)s1)C1(O)CCCCCC1. The first-order valence-corrected chi connectivity index (χ1v) is 6.95. The van der Waals surface area contributed by atoms with Crippen LogP contribution in [0.15, 0.2) is 6.20 Å². The van der Waals surface area contributed by atoms with Crippen molar-refractivity contribution in [1.82, 2.24) is 4.98 Å². The third kappa shape index (κ3) is 3.14. The molecule has 1 aliphatic carbocycles. The van der Waals surface area contributed by atoms with Crippen LogP contribution in [0.25, 0.3) is 0 Å². The summed E-state index contributed by atoms with van der Waals surface area (Å²) in [4.78, 5) is 15.3. The van der Waals surface area contributed by atoms with Gasteiger partial charge in [-0.2, -0.15) is 13.2 Å². The van der Waals surface area contributed by atoms with Crippen LogP contribution in [0.4, 0.5) is 13.2 Å². The zero-order chi connectivity index (χ0) is 14.1. The van der Waals surface area contributed by atoms with Gasteiger partial charge in [0.1, 0.15) is 5.60 Å². The van der Waals surface area contributed by atoms with E-state index in [0.29, 0.717) is 37.0 Å². The van der Waals surface area contributed by atoms with E-state index in [1.54, 1.807) is 0 Å². The Morgan fingerprint density at radius 3 is 2.32 bits per heavy atom. The van der Waals surface area contributed by atoms with Gasteiger partial charge in [0.05, 0.1) is 4.88 Å². The highest BCUT2D eigenvalue weighted by Gasteiger charge is 2.40. The van der Waals surface area contributed by atoms with E-state index in [9.17, 15) is 23.1 Å². The Morgan fingerprint density at radius 2 is 1.84 bits per heavy atom. The van der Waals surface area contributed by atoms with Crippen LogP contribution in [0.3, 0.4) is 0 Å². The molecule has 1 aromatic heterocycles. The van der Waals surface area contributed by atoms with Crippen LogP contribution in [0, 0.1) is 0 Å². The van der Waals surface area contributed by atoms with Gasteiger partial charge in [0.15, 0.2) is 5.01 Å². The molecule has 0 unspecified atom stereocenters. The van der Waals surface area contributed by atoms with E-state index in [1.165, 1.54) is 0 Å². The average Bonchev–Trinajstić information content (AvgIpc) is 2.72. The second kappa shape index (κ2) is 5.20. The number of Topliss-reactive ketones (excluding diaryl/α,β-unsaturated/α-hetero) is 1. The van der Waals surface area contributed by atoms with Crippen LogP contribution in [0.2, 0.25) is 0 Å². The molecular weight excluding hydrogens is 279 g/mol. The fourth-order valence-electron chi connectivity index (χ4n) is 2.28. The molecule has 0 atom stereocenters. The van der Waals surface area contributed by atoms with Crippen molar-refractivity contribution in [2.45, 2.75) is 50.3 Å². The molecule has 0 spiro atoms. The van der Waals surface area contributed by atoms with E-state index in [0.717, 1.165) is 19.0 Å². The van der Waals surface area contributed by atoms with E-state index < -0.39 is 22.6 Å². The lowest BCUT2D eigenvalue weighted by Gasteiger charge is -2.23. The Hall–Kier alpha value is -0.950. The maximum atomic E-state index is 12.4. The number of alkyl halides is 3. The molecule has 0 aliphatic heterocycles. The topological polar surface area (TPSA) is 50.2 Å². The Morgan fingerprint density at radius 1 is 1.26 bits per heavy atom. The number of thiazole rings is 1. The van der Waals surface area contributed by atoms with E-state index in [-0.39, 0.29) is 4.88 Å². The number of rotatable bonds is 2. The maximum absolute atomic E-state index is 12.4. The Labute approximate surface area is 112 Å². The summed E-state index contributed by atoms with van der Waals surface area (Å²) in [7, 11) is 0. The maximum Gasteiger partial charge on any atom is 0.443 e. The molecule has 1 aromatic rings. The third-order valence-electron chi connectivity index (χ3n) is 3.33. The predicted octanol–water partition coefficient (Wildman–Crippen LogP) is 3.43. The van der Waals surface area contributed by atoms with Crippen molar-refractivity contribution in [1.29, 1.82) is 0 Å². The smallest absolute Gasteiger partial charge is 0.382 e. The zero-order valence-corrected chi connectivity index (χ0v) is 11.0. The molecule has 1 fully saturated rings. The summed E-state index contributed by atoms with van der Waals surface area (Å²) < 4.78 is 37.3. The number of aromatic nitrogens is 1. The Kier molecular flexibility index (Phi) is 3.96. The van der Waals surface area contributed by atoms with Gasteiger partial charge in [-0.3, -0.25) is 4.79 Å². The van der Waals surface area contributed by atoms with Crippen molar-refractivity contribution in [2.24, 2.45) is 0 Å². The number of hydrogen-bond donors (Lipinski definition) is 1. The normalized spacial score (nSPS) is 20.0. The van der Waals surface area contributed by atoms with Gasteiger partial charge < -0.3 is 5.11 Å². The van der Waals surface area contributed by atoms with Gasteiger partial charge >= 0.3 is 6.18 Å². The molecule has 106 valence electrons. The molecule has 3 nitrogen and oxygen atoms in total. The first-order valence-electron chi connectivity index (χ1n) is 6.13. The summed E-state index contributed by atoms with van der Waals surface area (Å²) in [5.74, 6) is -0.623. The first kappa shape index (κ1) is 14.5. The lowest BCUT2D eigenvalue weighted by Crippen LogP contribution is -2.37. The summed E-state index contributed by atoms with van der Waals surface area (Å²) in [5, 5.41) is 9.29. The molecule has 7 heteroatoms. The van der Waals surface area contributed by atoms with E-state index in [2.05, 4.69) is 4.98 Å². The van der Waals surface area contributed by atoms with E-state index in [1.807, 2.05) is 0 Å². The zero-order valence-electron chi connectivity index (χ0n) is 10.2. The van der Waals surface area contributed by atoms with Crippen molar-refractivity contribution in [2.75, 3.05) is 0 Å². The fourth-order valence-corrected chi connectivity index (χ4v) is 3.10. The predicted molar refractivity (Wildman–Crippen MR) is 64.1 cm³/mol. The van der Waals surface area contributed by atoms with Crippen LogP contribution in [-0.2, 0) is 6.18 Å². The molecule has 1 saturated carbocycles. The highest BCUT2D eigenvalue weighted by molar-refractivity contribution is 7.13. The summed E-state index contributed by atoms with van der Waals surface area (Å²) in [6.07, 6.45) is 0.294. The highest BCUT2D eigenvalue weighted by Crippen LogP contribution is 2.36. The van der Waals surface area contributed by atoms with Gasteiger partial charge in [0.25, 0.3) is 0 Å². The monoisotopic (exact) mass is 293 g/mol. The van der Waals surface area contributed by atoms with Crippen molar-refractivity contribution >= 4 is 17.1 Å². The number of carbonyl (C=O) groups is 1. The highest BCUT2D eigenvalue weighted by atomic mass is 32.1. The first-order chi connectivity index (χ1) is 8.83. The quantitative estimate of drug-likeness (QED) is 0.671. The van der Waals surface area contributed by atoms with Crippen molar-refractivity contribution in [3.8, 4) is 0 Å². The van der Waals surface area contributed by atoms with Crippen LogP contribution in [0.5, 0.6) is 0 Å². The molecule has 2 rings (SSSR count). The fraction of sp³-hybridized carbons (Fsp3) is 0.667. The van der Waals surface area contributed by atoms with Crippen molar-refractivity contribution in [3.05, 3.63) is 16.1 Å². The Bertz CT molecular complexity index is 462. The van der Waals surface area contributed by atoms with Crippen LogP contribution < -0.4 is 0 Å². The van der Waals surface area contributed by atoms with Gasteiger partial charge in [0, 0.05) is 6.20 Å². The molecule has 1 N–H and O–H groups in total. The number of hydrogen-bond acceptors (Lipinski definition) is 4. The van der Waals surface area contributed by atoms with Gasteiger partial charge in [-0.05, 0) is 12.8 Å². The number of ketones is 1. The van der Waals surface area contributed by atoms with Crippen LogP contribution >= 0.6 is 11.3 Å². The van der Waals surface area contributed by atoms with Crippen molar-refractivity contribution in [3.63, 3.8) is 0 Å². The lowest BCUT2D eigenvalue weighted by molar-refractivity contribution is -0.137. The summed E-state index contributed by atoms with van der Waals surface area (Å²) in [6.45, 7) is 0. The molecule has 1 aliphatic rings. The van der Waals surface area contributed by atoms with Gasteiger partial charge in [0.2, 0.25) is 5.78 Å². The number of halogens is 3. The van der Waals surface area contributed by atoms with Crippen molar-refractivity contribution < 1.29 is 23.1 Å². The third-order valence-corrected chi connectivity index (χ3v) is 4.37. The second-order valence-electron chi connectivity index (χ2n) is 4.80. The summed E-state index contributed by atoms with van der Waals surface area (Å²) in [6, 6.07) is 0. The molecule has 0 bridgehead atoms. The molecule has 19 heavy (non-hydrogen) atoms. The van der Waals surface area contributed by atoms with Gasteiger partial charge in [-0.1, -0.05) is 25.7 Å². The van der Waals surface area contributed by atoms with Gasteiger partial charge in [-0.15, -0.1) is 11.3 Å². The Balaban J connectivity index is 2.21. The summed E-state index contributed by atoms with van der Waals surface area (Å²) >= 11 is 0.301. The van der Waals surface area contributed by atoms with Gasteiger partial charge in [-0.25, -0.2) is 4.98 Å². The average molecular weight is 293 g/mol. The number of carbonyl (C=O) groups excluding carboxylic acids is 1. The molecule has 0 aromatic carbocycles. The second-order valence-corrected chi connectivity index (χ2v) is 5.83. The van der Waals surface area contributed by atoms with Crippen LogP contribution in [0.1, 0.15) is 53.2 Å². The number of aliphatic hydroxyl groups is 1. The minimum atomic E-state index is -4.55. The van der Waals surface area contributed by atoms with Crippen LogP contribution in [-0.4, -0.2) is 21.5 Å². The lowest BCUT2D eigenvalue weighted by atomic mass is 9.89. The molecule has 0 saturated heterocycles. The molecule has 1 heterocycles. The standard InChI is InChI=1S/C12H14F3NO2S/c13-12(14,15)10-16-7-8(19-10)9(17)11(18)5-3-1-2-4-6-11/h7,18H,1-6H2. The largest absolute Gasteiger partial charge is 0.443 e. The minimum Gasteiger partial charge on any atom is -0.382 e.